The van der Waals surface area contributed by atoms with Crippen molar-refractivity contribution in [1.82, 2.24) is 0 Å². The fourth-order valence-electron chi connectivity index (χ4n) is 2.09. The summed E-state index contributed by atoms with van der Waals surface area (Å²) in [6.45, 7) is 0. The van der Waals surface area contributed by atoms with E-state index in [-0.39, 0.29) is 22.3 Å². The first-order chi connectivity index (χ1) is 8.58. The van der Waals surface area contributed by atoms with Crippen LogP contribution in [-0.2, 0) is 0 Å². The SMILES string of the molecule is O=C1c2ccc(F)cc2C(=O)c2ccc(F)cc21. The molecule has 0 aliphatic heterocycles. The van der Waals surface area contributed by atoms with Crippen LogP contribution in [0.25, 0.3) is 0 Å². The van der Waals surface area contributed by atoms with Crippen LogP contribution in [0, 0.1) is 11.6 Å². The monoisotopic (exact) mass is 244 g/mol. The number of carbonyl (C=O) groups is 2. The molecule has 0 aromatic heterocycles. The summed E-state index contributed by atoms with van der Waals surface area (Å²) in [7, 11) is 0. The van der Waals surface area contributed by atoms with Crippen LogP contribution in [0.15, 0.2) is 36.4 Å². The molecule has 0 saturated heterocycles. The summed E-state index contributed by atoms with van der Waals surface area (Å²) in [6, 6.07) is 6.77. The van der Waals surface area contributed by atoms with Gasteiger partial charge in [-0.2, -0.15) is 0 Å². The van der Waals surface area contributed by atoms with Gasteiger partial charge in [-0.3, -0.25) is 9.59 Å². The lowest BCUT2D eigenvalue weighted by Crippen LogP contribution is -2.21. The maximum Gasteiger partial charge on any atom is 0.194 e. The number of ketones is 2. The molecular weight excluding hydrogens is 238 g/mol. The van der Waals surface area contributed by atoms with Crippen molar-refractivity contribution >= 4 is 11.6 Å². The van der Waals surface area contributed by atoms with Gasteiger partial charge in [-0.25, -0.2) is 8.78 Å². The van der Waals surface area contributed by atoms with Gasteiger partial charge in [0.2, 0.25) is 0 Å². The zero-order chi connectivity index (χ0) is 12.9. The normalized spacial score (nSPS) is 13.2. The molecule has 0 spiro atoms. The average Bonchev–Trinajstić information content (AvgIpc) is 2.36. The van der Waals surface area contributed by atoms with E-state index >= 15 is 0 Å². The second-order valence-corrected chi connectivity index (χ2v) is 4.04. The van der Waals surface area contributed by atoms with Gasteiger partial charge in [0.25, 0.3) is 0 Å². The Labute approximate surface area is 101 Å². The van der Waals surface area contributed by atoms with Crippen LogP contribution in [0.3, 0.4) is 0 Å². The van der Waals surface area contributed by atoms with Gasteiger partial charge in [0.05, 0.1) is 0 Å². The van der Waals surface area contributed by atoms with E-state index in [1.165, 1.54) is 12.1 Å². The lowest BCUT2D eigenvalue weighted by atomic mass is 9.84. The van der Waals surface area contributed by atoms with E-state index in [0.29, 0.717) is 0 Å². The third-order valence-electron chi connectivity index (χ3n) is 2.94. The van der Waals surface area contributed by atoms with Crippen molar-refractivity contribution in [2.75, 3.05) is 0 Å². The van der Waals surface area contributed by atoms with Gasteiger partial charge < -0.3 is 0 Å². The van der Waals surface area contributed by atoms with Crippen LogP contribution >= 0.6 is 0 Å². The molecule has 2 aromatic rings. The van der Waals surface area contributed by atoms with Gasteiger partial charge in [0.15, 0.2) is 11.6 Å². The van der Waals surface area contributed by atoms with E-state index in [1.54, 1.807) is 0 Å². The van der Waals surface area contributed by atoms with Gasteiger partial charge in [-0.05, 0) is 36.4 Å². The van der Waals surface area contributed by atoms with Crippen molar-refractivity contribution in [2.45, 2.75) is 0 Å². The molecule has 0 bridgehead atoms. The van der Waals surface area contributed by atoms with Gasteiger partial charge >= 0.3 is 0 Å². The first-order valence-corrected chi connectivity index (χ1v) is 5.26. The van der Waals surface area contributed by atoms with Gasteiger partial charge in [0, 0.05) is 22.3 Å². The lowest BCUT2D eigenvalue weighted by Gasteiger charge is -2.17. The number of fused-ring (bicyclic) bond motifs is 2. The molecule has 2 aromatic carbocycles. The highest BCUT2D eigenvalue weighted by Gasteiger charge is 2.30. The van der Waals surface area contributed by atoms with Gasteiger partial charge in [-0.15, -0.1) is 0 Å². The Balaban J connectivity index is 2.31. The van der Waals surface area contributed by atoms with Gasteiger partial charge in [0.1, 0.15) is 11.6 Å². The first kappa shape index (κ1) is 10.8. The number of benzene rings is 2. The van der Waals surface area contributed by atoms with Crippen LogP contribution in [-0.4, -0.2) is 11.6 Å². The second-order valence-electron chi connectivity index (χ2n) is 4.04. The Kier molecular flexibility index (Phi) is 2.13. The summed E-state index contributed by atoms with van der Waals surface area (Å²) in [5, 5.41) is 0. The molecule has 0 amide bonds. The Morgan fingerprint density at radius 2 is 1.00 bits per heavy atom. The average molecular weight is 244 g/mol. The van der Waals surface area contributed by atoms with E-state index in [0.717, 1.165) is 24.3 Å². The van der Waals surface area contributed by atoms with Crippen LogP contribution in [0.5, 0.6) is 0 Å². The molecule has 0 atom stereocenters. The zero-order valence-electron chi connectivity index (χ0n) is 9.04. The molecule has 0 saturated carbocycles. The lowest BCUT2D eigenvalue weighted by molar-refractivity contribution is 0.0978. The zero-order valence-corrected chi connectivity index (χ0v) is 9.04. The molecule has 1 aliphatic rings. The maximum atomic E-state index is 13.1. The first-order valence-electron chi connectivity index (χ1n) is 5.26. The minimum atomic E-state index is -0.583. The van der Waals surface area contributed by atoms with E-state index in [9.17, 15) is 18.4 Å². The molecule has 4 heteroatoms. The third kappa shape index (κ3) is 1.39. The molecular formula is C14H6F2O2. The standard InChI is InChI=1S/C14H6F2O2/c15-7-1-3-9-11(5-7)14(18)10-4-2-8(16)6-12(10)13(9)17/h1-6H. The van der Waals surface area contributed by atoms with Gasteiger partial charge in [-0.1, -0.05) is 0 Å². The summed E-state index contributed by atoms with van der Waals surface area (Å²) in [6.07, 6.45) is 0. The summed E-state index contributed by atoms with van der Waals surface area (Å²) in [4.78, 5) is 24.2. The molecule has 88 valence electrons. The predicted octanol–water partition coefficient (Wildman–Crippen LogP) is 2.74. The Morgan fingerprint density at radius 1 is 0.611 bits per heavy atom. The van der Waals surface area contributed by atoms with Crippen molar-refractivity contribution in [3.8, 4) is 0 Å². The topological polar surface area (TPSA) is 34.1 Å². The minimum absolute atomic E-state index is 0.0270. The van der Waals surface area contributed by atoms with Crippen molar-refractivity contribution in [3.05, 3.63) is 70.3 Å². The smallest absolute Gasteiger partial charge is 0.194 e. The quantitative estimate of drug-likeness (QED) is 0.609. The fourth-order valence-corrected chi connectivity index (χ4v) is 2.09. The molecule has 0 N–H and O–H groups in total. The van der Waals surface area contributed by atoms with Crippen LogP contribution < -0.4 is 0 Å². The minimum Gasteiger partial charge on any atom is -0.289 e. The van der Waals surface area contributed by atoms with Crippen LogP contribution in [0.4, 0.5) is 8.78 Å². The maximum absolute atomic E-state index is 13.1. The predicted molar refractivity (Wildman–Crippen MR) is 59.7 cm³/mol. The summed E-state index contributed by atoms with van der Waals surface area (Å²) < 4.78 is 26.2. The molecule has 1 aliphatic carbocycles. The largest absolute Gasteiger partial charge is 0.289 e. The molecule has 0 heterocycles. The highest BCUT2D eigenvalue weighted by molar-refractivity contribution is 6.28. The number of hydrogen-bond acceptors (Lipinski definition) is 2. The second kappa shape index (κ2) is 3.57. The van der Waals surface area contributed by atoms with E-state index < -0.39 is 23.2 Å². The number of rotatable bonds is 0. The highest BCUT2D eigenvalue weighted by atomic mass is 19.1. The Bertz CT molecular complexity index is 643. The van der Waals surface area contributed by atoms with Crippen molar-refractivity contribution in [3.63, 3.8) is 0 Å². The van der Waals surface area contributed by atoms with E-state index in [2.05, 4.69) is 0 Å². The third-order valence-corrected chi connectivity index (χ3v) is 2.94. The molecule has 0 fully saturated rings. The van der Waals surface area contributed by atoms with E-state index in [4.69, 9.17) is 0 Å². The number of hydrogen-bond donors (Lipinski definition) is 0. The Hall–Kier alpha value is -2.36. The summed E-state index contributed by atoms with van der Waals surface area (Å²) >= 11 is 0. The summed E-state index contributed by atoms with van der Waals surface area (Å²) in [5.74, 6) is -2.08. The summed E-state index contributed by atoms with van der Waals surface area (Å²) in [5.41, 5.74) is 0.275. The molecule has 3 rings (SSSR count). The van der Waals surface area contributed by atoms with E-state index in [1.807, 2.05) is 0 Å². The van der Waals surface area contributed by atoms with Crippen molar-refractivity contribution in [1.29, 1.82) is 0 Å². The van der Waals surface area contributed by atoms with Crippen molar-refractivity contribution in [2.24, 2.45) is 0 Å². The molecule has 0 radical (unpaired) electrons. The number of halogens is 2. The molecule has 2 nitrogen and oxygen atoms in total. The van der Waals surface area contributed by atoms with Crippen LogP contribution in [0.1, 0.15) is 31.8 Å². The molecule has 0 unspecified atom stereocenters. The fraction of sp³-hybridized carbons (Fsp3) is 0. The highest BCUT2D eigenvalue weighted by Crippen LogP contribution is 2.28. The number of carbonyl (C=O) groups excluding carboxylic acids is 2. The molecule has 18 heavy (non-hydrogen) atoms. The van der Waals surface area contributed by atoms with Crippen molar-refractivity contribution < 1.29 is 18.4 Å². The Morgan fingerprint density at radius 3 is 1.39 bits per heavy atom. The van der Waals surface area contributed by atoms with Crippen LogP contribution in [0.2, 0.25) is 0 Å².